The first-order chi connectivity index (χ1) is 10.9. The lowest BCUT2D eigenvalue weighted by Crippen LogP contribution is -2.47. The average Bonchev–Trinajstić information content (AvgIpc) is 2.50. The number of aryl methyl sites for hydroxylation is 2. The molecule has 23 heavy (non-hydrogen) atoms. The van der Waals surface area contributed by atoms with E-state index < -0.39 is 0 Å². The Morgan fingerprint density at radius 1 is 1.26 bits per heavy atom. The number of hydrogen-bond donors (Lipinski definition) is 1. The number of piperidine rings is 1. The summed E-state index contributed by atoms with van der Waals surface area (Å²) in [6.45, 7) is 9.42. The van der Waals surface area contributed by atoms with Gasteiger partial charge in [-0.15, -0.1) is 0 Å². The second-order valence-corrected chi connectivity index (χ2v) is 7.05. The first-order valence-electron chi connectivity index (χ1n) is 8.52. The lowest BCUT2D eigenvalue weighted by molar-refractivity contribution is -0.145. The maximum atomic E-state index is 12.3. The van der Waals surface area contributed by atoms with Gasteiger partial charge >= 0.3 is 0 Å². The molecule has 2 rings (SSSR count). The fraction of sp³-hybridized carbons (Fsp3) is 0.579. The molecule has 0 saturated carbocycles. The number of benzene rings is 1. The van der Waals surface area contributed by atoms with Crippen molar-refractivity contribution >= 4 is 17.4 Å². The van der Waals surface area contributed by atoms with E-state index in [0.29, 0.717) is 19.5 Å². The first kappa shape index (κ1) is 17.5. The molecule has 1 atom stereocenters. The smallest absolute Gasteiger partial charge is 0.290 e. The summed E-state index contributed by atoms with van der Waals surface area (Å²) in [6, 6.07) is 6.53. The minimum atomic E-state index is -0.315. The molecule has 0 radical (unpaired) electrons. The van der Waals surface area contributed by atoms with Crippen LogP contribution in [0.25, 0.3) is 0 Å². The predicted molar refractivity (Wildman–Crippen MR) is 93.6 cm³/mol. The molecule has 1 aromatic rings. The number of Topliss-reactive ketones (excluding diaryl/α,β-unsaturated/α-hetero) is 1. The molecule has 1 amide bonds. The van der Waals surface area contributed by atoms with Gasteiger partial charge in [-0.1, -0.05) is 19.9 Å². The molecular weight excluding hydrogens is 288 g/mol. The summed E-state index contributed by atoms with van der Waals surface area (Å²) in [5, 5.41) is 3.51. The molecule has 0 unspecified atom stereocenters. The predicted octanol–water partition coefficient (Wildman–Crippen LogP) is 3.32. The van der Waals surface area contributed by atoms with Gasteiger partial charge in [0.25, 0.3) is 5.91 Å². The van der Waals surface area contributed by atoms with Gasteiger partial charge in [0.2, 0.25) is 5.78 Å². The van der Waals surface area contributed by atoms with Crippen LogP contribution in [0.5, 0.6) is 0 Å². The molecule has 1 saturated heterocycles. The number of likely N-dealkylation sites (tertiary alicyclic amines) is 1. The van der Waals surface area contributed by atoms with Crippen LogP contribution in [0.15, 0.2) is 18.2 Å². The molecule has 1 N–H and O–H groups in total. The fourth-order valence-electron chi connectivity index (χ4n) is 2.98. The summed E-state index contributed by atoms with van der Waals surface area (Å²) in [7, 11) is 0. The third kappa shape index (κ3) is 4.81. The Bertz CT molecular complexity index is 581. The maximum absolute atomic E-state index is 12.3. The van der Waals surface area contributed by atoms with E-state index in [4.69, 9.17) is 0 Å². The Hall–Kier alpha value is -1.84. The zero-order chi connectivity index (χ0) is 17.0. The highest BCUT2D eigenvalue weighted by Gasteiger charge is 2.27. The Balaban J connectivity index is 1.96. The van der Waals surface area contributed by atoms with Gasteiger partial charge in [-0.2, -0.15) is 0 Å². The summed E-state index contributed by atoms with van der Waals surface area (Å²) < 4.78 is 0. The third-order valence-corrected chi connectivity index (χ3v) is 4.42. The van der Waals surface area contributed by atoms with E-state index in [1.165, 1.54) is 11.1 Å². The van der Waals surface area contributed by atoms with Crippen molar-refractivity contribution in [3.8, 4) is 0 Å². The average molecular weight is 316 g/mol. The SMILES string of the molecule is Cc1ccc(N[C@H]2CCCN(C(=O)C(=O)CC(C)C)C2)cc1C. The van der Waals surface area contributed by atoms with Gasteiger partial charge in [0.15, 0.2) is 0 Å². The van der Waals surface area contributed by atoms with Gasteiger partial charge < -0.3 is 10.2 Å². The molecule has 0 aliphatic carbocycles. The highest BCUT2D eigenvalue weighted by Crippen LogP contribution is 2.19. The lowest BCUT2D eigenvalue weighted by Gasteiger charge is -2.33. The Morgan fingerprint density at radius 2 is 2.00 bits per heavy atom. The Labute approximate surface area is 139 Å². The number of ketones is 1. The number of carbonyl (C=O) groups is 2. The number of anilines is 1. The van der Waals surface area contributed by atoms with E-state index in [1.54, 1.807) is 4.90 Å². The number of hydrogen-bond acceptors (Lipinski definition) is 3. The summed E-state index contributed by atoms with van der Waals surface area (Å²) in [4.78, 5) is 26.0. The van der Waals surface area contributed by atoms with Crippen molar-refractivity contribution < 1.29 is 9.59 Å². The van der Waals surface area contributed by atoms with Gasteiger partial charge in [-0.3, -0.25) is 9.59 Å². The minimum Gasteiger partial charge on any atom is -0.381 e. The summed E-state index contributed by atoms with van der Waals surface area (Å²) in [6.07, 6.45) is 2.29. The third-order valence-electron chi connectivity index (χ3n) is 4.42. The van der Waals surface area contributed by atoms with Crippen LogP contribution < -0.4 is 5.32 Å². The van der Waals surface area contributed by atoms with E-state index in [1.807, 2.05) is 13.8 Å². The normalized spacial score (nSPS) is 18.1. The maximum Gasteiger partial charge on any atom is 0.290 e. The Morgan fingerprint density at radius 3 is 2.65 bits per heavy atom. The van der Waals surface area contributed by atoms with Crippen molar-refractivity contribution in [1.82, 2.24) is 4.90 Å². The summed E-state index contributed by atoms with van der Waals surface area (Å²) >= 11 is 0. The van der Waals surface area contributed by atoms with Crippen LogP contribution in [-0.4, -0.2) is 35.7 Å². The van der Waals surface area contributed by atoms with Gasteiger partial charge in [0, 0.05) is 31.2 Å². The van der Waals surface area contributed by atoms with Crippen LogP contribution in [0.2, 0.25) is 0 Å². The van der Waals surface area contributed by atoms with Crippen LogP contribution in [-0.2, 0) is 9.59 Å². The van der Waals surface area contributed by atoms with Gasteiger partial charge in [-0.25, -0.2) is 0 Å². The lowest BCUT2D eigenvalue weighted by atomic mass is 10.0. The standard InChI is InChI=1S/C19H28N2O2/c1-13(2)10-18(22)19(23)21-9-5-6-17(12-21)20-16-8-7-14(3)15(4)11-16/h7-8,11,13,17,20H,5-6,9-10,12H2,1-4H3/t17-/m0/s1. The highest BCUT2D eigenvalue weighted by molar-refractivity contribution is 6.36. The van der Waals surface area contributed by atoms with Crippen molar-refractivity contribution in [2.24, 2.45) is 5.92 Å². The fourth-order valence-corrected chi connectivity index (χ4v) is 2.98. The Kier molecular flexibility index (Phi) is 5.80. The summed E-state index contributed by atoms with van der Waals surface area (Å²) in [5.74, 6) is -0.349. The molecule has 4 nitrogen and oxygen atoms in total. The molecule has 1 aliphatic rings. The van der Waals surface area contributed by atoms with Crippen LogP contribution in [0.1, 0.15) is 44.2 Å². The van der Waals surface area contributed by atoms with E-state index in [-0.39, 0.29) is 23.7 Å². The topological polar surface area (TPSA) is 49.4 Å². The summed E-state index contributed by atoms with van der Waals surface area (Å²) in [5.41, 5.74) is 3.61. The van der Waals surface area contributed by atoms with Crippen molar-refractivity contribution in [3.63, 3.8) is 0 Å². The molecule has 0 bridgehead atoms. The van der Waals surface area contributed by atoms with Crippen LogP contribution in [0, 0.1) is 19.8 Å². The molecule has 1 heterocycles. The van der Waals surface area contributed by atoms with E-state index in [0.717, 1.165) is 18.5 Å². The second-order valence-electron chi connectivity index (χ2n) is 7.05. The molecule has 1 aromatic carbocycles. The van der Waals surface area contributed by atoms with Gasteiger partial charge in [0.05, 0.1) is 0 Å². The number of amides is 1. The van der Waals surface area contributed by atoms with Crippen molar-refractivity contribution in [2.45, 2.75) is 53.0 Å². The van der Waals surface area contributed by atoms with Gasteiger partial charge in [0.1, 0.15) is 0 Å². The largest absolute Gasteiger partial charge is 0.381 e. The number of nitrogens with one attached hydrogen (secondary N) is 1. The van der Waals surface area contributed by atoms with E-state index in [2.05, 4.69) is 37.4 Å². The van der Waals surface area contributed by atoms with Crippen molar-refractivity contribution in [1.29, 1.82) is 0 Å². The number of nitrogens with zero attached hydrogens (tertiary/aromatic N) is 1. The molecular formula is C19H28N2O2. The molecule has 1 aliphatic heterocycles. The zero-order valence-corrected chi connectivity index (χ0v) is 14.7. The monoisotopic (exact) mass is 316 g/mol. The number of rotatable bonds is 5. The van der Waals surface area contributed by atoms with Crippen molar-refractivity contribution in [2.75, 3.05) is 18.4 Å². The van der Waals surface area contributed by atoms with E-state index in [9.17, 15) is 9.59 Å². The van der Waals surface area contributed by atoms with Crippen LogP contribution in [0.4, 0.5) is 5.69 Å². The van der Waals surface area contributed by atoms with Crippen LogP contribution in [0.3, 0.4) is 0 Å². The molecule has 1 fully saturated rings. The molecule has 126 valence electrons. The first-order valence-corrected chi connectivity index (χ1v) is 8.52. The second kappa shape index (κ2) is 7.62. The molecule has 0 aromatic heterocycles. The van der Waals surface area contributed by atoms with E-state index >= 15 is 0 Å². The van der Waals surface area contributed by atoms with Crippen LogP contribution >= 0.6 is 0 Å². The van der Waals surface area contributed by atoms with Crippen molar-refractivity contribution in [3.05, 3.63) is 29.3 Å². The van der Waals surface area contributed by atoms with Gasteiger partial charge in [-0.05, 0) is 55.9 Å². The number of carbonyl (C=O) groups excluding carboxylic acids is 2. The zero-order valence-electron chi connectivity index (χ0n) is 14.7. The molecule has 4 heteroatoms. The highest BCUT2D eigenvalue weighted by atomic mass is 16.2. The minimum absolute atomic E-state index is 0.210. The quantitative estimate of drug-likeness (QED) is 0.848. The molecule has 0 spiro atoms.